The zero-order valence-electron chi connectivity index (χ0n) is 10.5. The summed E-state index contributed by atoms with van der Waals surface area (Å²) in [5, 5.41) is 4.37. The monoisotopic (exact) mass is 224 g/mol. The normalized spacial score (nSPS) is 20.4. The minimum atomic E-state index is 0.0754. The second-order valence-corrected chi connectivity index (χ2v) is 5.18. The average Bonchev–Trinajstić information content (AvgIpc) is 2.60. The summed E-state index contributed by atoms with van der Waals surface area (Å²) in [6.07, 6.45) is 2.04. The van der Waals surface area contributed by atoms with Gasteiger partial charge >= 0.3 is 0 Å². The van der Waals surface area contributed by atoms with Gasteiger partial charge in [-0.1, -0.05) is 20.8 Å². The predicted molar refractivity (Wildman–Crippen MR) is 61.8 cm³/mol. The first-order valence-corrected chi connectivity index (χ1v) is 5.83. The van der Waals surface area contributed by atoms with Gasteiger partial charge in [0.2, 0.25) is 5.88 Å². The standard InChI is InChI=1S/C12H20N2O2/c1-5-15-9-7-14-11(16-8-9)10(6-13-14)12(2,3)4/h6,9H,5,7-8H2,1-4H3. The van der Waals surface area contributed by atoms with Crippen LogP contribution in [-0.4, -0.2) is 29.1 Å². The van der Waals surface area contributed by atoms with Gasteiger partial charge in [0, 0.05) is 12.2 Å². The molecule has 1 aromatic heterocycles. The van der Waals surface area contributed by atoms with E-state index in [1.807, 2.05) is 17.8 Å². The third kappa shape index (κ3) is 2.07. The van der Waals surface area contributed by atoms with Crippen molar-refractivity contribution in [2.75, 3.05) is 13.2 Å². The molecule has 0 fully saturated rings. The van der Waals surface area contributed by atoms with Gasteiger partial charge in [-0.15, -0.1) is 0 Å². The van der Waals surface area contributed by atoms with E-state index in [9.17, 15) is 0 Å². The molecule has 4 heteroatoms. The Hall–Kier alpha value is -1.03. The SMILES string of the molecule is CCOC1COc2c(C(C)(C)C)cnn2C1. The Labute approximate surface area is 96.5 Å². The highest BCUT2D eigenvalue weighted by molar-refractivity contribution is 5.32. The minimum Gasteiger partial charge on any atom is -0.475 e. The molecule has 2 heterocycles. The number of nitrogens with zero attached hydrogens (tertiary/aromatic N) is 2. The van der Waals surface area contributed by atoms with Crippen molar-refractivity contribution >= 4 is 0 Å². The quantitative estimate of drug-likeness (QED) is 0.770. The van der Waals surface area contributed by atoms with Gasteiger partial charge in [0.05, 0.1) is 12.7 Å². The molecule has 2 rings (SSSR count). The summed E-state index contributed by atoms with van der Waals surface area (Å²) in [6, 6.07) is 0. The fraction of sp³-hybridized carbons (Fsp3) is 0.750. The van der Waals surface area contributed by atoms with Gasteiger partial charge in [0.1, 0.15) is 12.7 Å². The fourth-order valence-electron chi connectivity index (χ4n) is 1.92. The van der Waals surface area contributed by atoms with Crippen LogP contribution in [0.3, 0.4) is 0 Å². The van der Waals surface area contributed by atoms with Crippen molar-refractivity contribution in [2.45, 2.75) is 45.8 Å². The molecule has 0 saturated heterocycles. The zero-order chi connectivity index (χ0) is 11.8. The number of aromatic nitrogens is 2. The van der Waals surface area contributed by atoms with Crippen LogP contribution in [0.25, 0.3) is 0 Å². The predicted octanol–water partition coefficient (Wildman–Crippen LogP) is 1.98. The maximum absolute atomic E-state index is 5.76. The highest BCUT2D eigenvalue weighted by Gasteiger charge is 2.28. The van der Waals surface area contributed by atoms with Crippen LogP contribution in [0, 0.1) is 0 Å². The Morgan fingerprint density at radius 2 is 2.31 bits per heavy atom. The van der Waals surface area contributed by atoms with Crippen LogP contribution in [0.2, 0.25) is 0 Å². The average molecular weight is 224 g/mol. The third-order valence-corrected chi connectivity index (χ3v) is 2.78. The Morgan fingerprint density at radius 3 is 2.94 bits per heavy atom. The first-order chi connectivity index (χ1) is 7.52. The van der Waals surface area contributed by atoms with Gasteiger partial charge in [0.15, 0.2) is 0 Å². The van der Waals surface area contributed by atoms with Crippen LogP contribution in [0.5, 0.6) is 5.88 Å². The zero-order valence-corrected chi connectivity index (χ0v) is 10.5. The fourth-order valence-corrected chi connectivity index (χ4v) is 1.92. The molecule has 0 N–H and O–H groups in total. The molecule has 1 aromatic rings. The first kappa shape index (κ1) is 11.5. The second-order valence-electron chi connectivity index (χ2n) is 5.18. The number of hydrogen-bond donors (Lipinski definition) is 0. The van der Waals surface area contributed by atoms with Crippen LogP contribution in [0.1, 0.15) is 33.3 Å². The lowest BCUT2D eigenvalue weighted by Crippen LogP contribution is -2.33. The van der Waals surface area contributed by atoms with Gasteiger partial charge in [-0.25, -0.2) is 4.68 Å². The summed E-state index contributed by atoms with van der Waals surface area (Å²) in [4.78, 5) is 0. The third-order valence-electron chi connectivity index (χ3n) is 2.78. The number of fused-ring (bicyclic) bond motifs is 1. The van der Waals surface area contributed by atoms with Gasteiger partial charge in [-0.05, 0) is 12.3 Å². The molecule has 0 spiro atoms. The molecule has 1 atom stereocenters. The molecule has 1 aliphatic rings. The Balaban J connectivity index is 2.20. The van der Waals surface area contributed by atoms with Gasteiger partial charge in [-0.3, -0.25) is 0 Å². The summed E-state index contributed by atoms with van der Waals surface area (Å²) in [6.45, 7) is 10.6. The molecule has 0 aromatic carbocycles. The van der Waals surface area contributed by atoms with Crippen LogP contribution in [-0.2, 0) is 16.7 Å². The van der Waals surface area contributed by atoms with Crippen molar-refractivity contribution in [1.82, 2.24) is 9.78 Å². The summed E-state index contributed by atoms with van der Waals surface area (Å²) in [7, 11) is 0. The Morgan fingerprint density at radius 1 is 1.56 bits per heavy atom. The molecule has 0 amide bonds. The lowest BCUT2D eigenvalue weighted by Gasteiger charge is -2.26. The molecule has 16 heavy (non-hydrogen) atoms. The van der Waals surface area contributed by atoms with Crippen LogP contribution in [0.4, 0.5) is 0 Å². The van der Waals surface area contributed by atoms with E-state index in [-0.39, 0.29) is 11.5 Å². The molecule has 0 bridgehead atoms. The van der Waals surface area contributed by atoms with E-state index in [1.165, 1.54) is 5.56 Å². The van der Waals surface area contributed by atoms with Crippen molar-refractivity contribution in [3.8, 4) is 5.88 Å². The molecule has 1 unspecified atom stereocenters. The van der Waals surface area contributed by atoms with Crippen molar-refractivity contribution in [3.05, 3.63) is 11.8 Å². The van der Waals surface area contributed by atoms with Crippen molar-refractivity contribution in [3.63, 3.8) is 0 Å². The highest BCUT2D eigenvalue weighted by atomic mass is 16.5. The summed E-state index contributed by atoms with van der Waals surface area (Å²) < 4.78 is 13.2. The maximum Gasteiger partial charge on any atom is 0.215 e. The van der Waals surface area contributed by atoms with Crippen molar-refractivity contribution in [2.24, 2.45) is 0 Å². The van der Waals surface area contributed by atoms with E-state index in [2.05, 4.69) is 25.9 Å². The Bertz CT molecular complexity index is 366. The van der Waals surface area contributed by atoms with Crippen molar-refractivity contribution in [1.29, 1.82) is 0 Å². The molecule has 0 radical (unpaired) electrons. The highest BCUT2D eigenvalue weighted by Crippen LogP contribution is 2.33. The lowest BCUT2D eigenvalue weighted by atomic mass is 9.89. The minimum absolute atomic E-state index is 0.0754. The molecule has 0 saturated carbocycles. The smallest absolute Gasteiger partial charge is 0.215 e. The van der Waals surface area contributed by atoms with E-state index in [1.54, 1.807) is 0 Å². The summed E-state index contributed by atoms with van der Waals surface area (Å²) in [5.74, 6) is 0.906. The van der Waals surface area contributed by atoms with E-state index < -0.39 is 0 Å². The molecule has 90 valence electrons. The first-order valence-electron chi connectivity index (χ1n) is 5.83. The van der Waals surface area contributed by atoms with E-state index in [4.69, 9.17) is 9.47 Å². The second kappa shape index (κ2) is 4.09. The number of ether oxygens (including phenoxy) is 2. The maximum atomic E-state index is 5.76. The van der Waals surface area contributed by atoms with E-state index in [0.29, 0.717) is 6.61 Å². The molecule has 0 aliphatic carbocycles. The molecular formula is C12H20N2O2. The van der Waals surface area contributed by atoms with Crippen molar-refractivity contribution < 1.29 is 9.47 Å². The number of hydrogen-bond acceptors (Lipinski definition) is 3. The van der Waals surface area contributed by atoms with E-state index in [0.717, 1.165) is 19.0 Å². The molecular weight excluding hydrogens is 204 g/mol. The summed E-state index contributed by atoms with van der Waals surface area (Å²) in [5.41, 5.74) is 1.24. The number of rotatable bonds is 2. The van der Waals surface area contributed by atoms with Gasteiger partial charge in [-0.2, -0.15) is 5.10 Å². The van der Waals surface area contributed by atoms with Gasteiger partial charge in [0.25, 0.3) is 0 Å². The lowest BCUT2D eigenvalue weighted by molar-refractivity contribution is -0.00710. The molecule has 1 aliphatic heterocycles. The van der Waals surface area contributed by atoms with Crippen LogP contribution >= 0.6 is 0 Å². The van der Waals surface area contributed by atoms with Crippen LogP contribution < -0.4 is 4.74 Å². The van der Waals surface area contributed by atoms with Crippen LogP contribution in [0.15, 0.2) is 6.20 Å². The Kier molecular flexibility index (Phi) is 2.93. The summed E-state index contributed by atoms with van der Waals surface area (Å²) >= 11 is 0. The molecule has 4 nitrogen and oxygen atoms in total. The van der Waals surface area contributed by atoms with E-state index >= 15 is 0 Å². The largest absolute Gasteiger partial charge is 0.475 e. The van der Waals surface area contributed by atoms with Gasteiger partial charge < -0.3 is 9.47 Å². The topological polar surface area (TPSA) is 36.3 Å².